The van der Waals surface area contributed by atoms with E-state index in [-0.39, 0.29) is 18.6 Å². The summed E-state index contributed by atoms with van der Waals surface area (Å²) in [5, 5.41) is 16.7. The van der Waals surface area contributed by atoms with Gasteiger partial charge in [-0.1, -0.05) is 23.4 Å². The van der Waals surface area contributed by atoms with Crippen LogP contribution in [-0.2, 0) is 6.61 Å². The second-order valence-electron chi connectivity index (χ2n) is 4.58. The summed E-state index contributed by atoms with van der Waals surface area (Å²) < 4.78 is 1.71. The Morgan fingerprint density at radius 2 is 2.05 bits per heavy atom. The van der Waals surface area contributed by atoms with Crippen molar-refractivity contribution in [3.05, 3.63) is 47.8 Å². The maximum atomic E-state index is 12.1. The number of likely N-dealkylation sites (tertiary alicyclic amines) is 1. The lowest BCUT2D eigenvalue weighted by Gasteiger charge is -2.38. The van der Waals surface area contributed by atoms with E-state index in [1.54, 1.807) is 15.8 Å². The first-order valence-corrected chi connectivity index (χ1v) is 6.14. The van der Waals surface area contributed by atoms with E-state index < -0.39 is 0 Å². The van der Waals surface area contributed by atoms with Gasteiger partial charge in [0, 0.05) is 18.7 Å². The Labute approximate surface area is 110 Å². The van der Waals surface area contributed by atoms with Crippen LogP contribution in [0.2, 0.25) is 0 Å². The summed E-state index contributed by atoms with van der Waals surface area (Å²) in [5.74, 6) is 0.0411. The minimum Gasteiger partial charge on any atom is -0.390 e. The number of rotatable bonds is 3. The van der Waals surface area contributed by atoms with Gasteiger partial charge < -0.3 is 10.0 Å². The lowest BCUT2D eigenvalue weighted by molar-refractivity contribution is 0.0498. The molecule has 1 fully saturated rings. The van der Waals surface area contributed by atoms with E-state index in [4.69, 9.17) is 5.11 Å². The van der Waals surface area contributed by atoms with Crippen molar-refractivity contribution in [2.75, 3.05) is 13.1 Å². The maximum absolute atomic E-state index is 12.1. The van der Waals surface area contributed by atoms with Gasteiger partial charge in [-0.15, -0.1) is 5.10 Å². The summed E-state index contributed by atoms with van der Waals surface area (Å²) in [5.41, 5.74) is 1.25. The topological polar surface area (TPSA) is 71.2 Å². The van der Waals surface area contributed by atoms with Crippen LogP contribution >= 0.6 is 0 Å². The molecule has 98 valence electrons. The van der Waals surface area contributed by atoms with Crippen LogP contribution in [0.1, 0.15) is 22.1 Å². The number of aliphatic hydroxyl groups excluding tert-OH is 1. The fourth-order valence-electron chi connectivity index (χ4n) is 2.12. The van der Waals surface area contributed by atoms with E-state index in [1.807, 2.05) is 30.3 Å². The zero-order chi connectivity index (χ0) is 13.2. The lowest BCUT2D eigenvalue weighted by Crippen LogP contribution is -2.50. The summed E-state index contributed by atoms with van der Waals surface area (Å²) in [6, 6.07) is 9.39. The highest BCUT2D eigenvalue weighted by molar-refractivity contribution is 5.94. The molecule has 1 aromatic heterocycles. The summed E-state index contributed by atoms with van der Waals surface area (Å²) >= 11 is 0. The fraction of sp³-hybridized carbons (Fsp3) is 0.308. The zero-order valence-corrected chi connectivity index (χ0v) is 10.3. The second kappa shape index (κ2) is 4.81. The summed E-state index contributed by atoms with van der Waals surface area (Å²) in [4.78, 5) is 13.9. The monoisotopic (exact) mass is 258 g/mol. The number of hydrogen-bond donors (Lipinski definition) is 1. The molecule has 1 N–H and O–H groups in total. The summed E-state index contributed by atoms with van der Waals surface area (Å²) in [7, 11) is 0. The highest BCUT2D eigenvalue weighted by Crippen LogP contribution is 2.22. The quantitative estimate of drug-likeness (QED) is 0.868. The smallest absolute Gasteiger partial charge is 0.253 e. The van der Waals surface area contributed by atoms with Gasteiger partial charge in [-0.25, -0.2) is 4.68 Å². The van der Waals surface area contributed by atoms with Crippen LogP contribution in [0.15, 0.2) is 36.5 Å². The maximum Gasteiger partial charge on any atom is 0.253 e. The first kappa shape index (κ1) is 11.9. The van der Waals surface area contributed by atoms with Gasteiger partial charge in [0.15, 0.2) is 0 Å². The van der Waals surface area contributed by atoms with Crippen LogP contribution in [0, 0.1) is 0 Å². The molecule has 0 bridgehead atoms. The van der Waals surface area contributed by atoms with Crippen molar-refractivity contribution in [1.82, 2.24) is 19.9 Å². The van der Waals surface area contributed by atoms with E-state index in [2.05, 4.69) is 10.3 Å². The molecule has 1 aliphatic rings. The molecule has 19 heavy (non-hydrogen) atoms. The number of hydrogen-bond acceptors (Lipinski definition) is 4. The Morgan fingerprint density at radius 3 is 2.68 bits per heavy atom. The Kier molecular flexibility index (Phi) is 3.00. The standard InChI is InChI=1S/C13H14N4O2/c18-9-11-6-17(15-14-11)12-7-16(8-12)13(19)10-4-2-1-3-5-10/h1-6,12,18H,7-9H2. The van der Waals surface area contributed by atoms with Crippen molar-refractivity contribution in [2.45, 2.75) is 12.6 Å². The largest absolute Gasteiger partial charge is 0.390 e. The van der Waals surface area contributed by atoms with Crippen LogP contribution < -0.4 is 0 Å². The predicted octanol–water partition coefficient (Wildman–Crippen LogP) is 0.467. The van der Waals surface area contributed by atoms with Crippen LogP contribution in [-0.4, -0.2) is 44.0 Å². The van der Waals surface area contributed by atoms with Gasteiger partial charge in [-0.05, 0) is 12.1 Å². The van der Waals surface area contributed by atoms with Crippen LogP contribution in [0.25, 0.3) is 0 Å². The van der Waals surface area contributed by atoms with E-state index in [0.717, 1.165) is 0 Å². The van der Waals surface area contributed by atoms with Crippen molar-refractivity contribution in [1.29, 1.82) is 0 Å². The van der Waals surface area contributed by atoms with Gasteiger partial charge in [0.2, 0.25) is 0 Å². The van der Waals surface area contributed by atoms with Gasteiger partial charge in [-0.2, -0.15) is 0 Å². The van der Waals surface area contributed by atoms with Crippen molar-refractivity contribution < 1.29 is 9.90 Å². The van der Waals surface area contributed by atoms with Crippen LogP contribution in [0.4, 0.5) is 0 Å². The Balaban J connectivity index is 1.62. The molecule has 0 spiro atoms. The third-order valence-corrected chi connectivity index (χ3v) is 3.26. The van der Waals surface area contributed by atoms with Crippen molar-refractivity contribution >= 4 is 5.91 Å². The van der Waals surface area contributed by atoms with Gasteiger partial charge in [0.05, 0.1) is 18.8 Å². The van der Waals surface area contributed by atoms with E-state index in [0.29, 0.717) is 24.3 Å². The third kappa shape index (κ3) is 2.22. The molecular weight excluding hydrogens is 244 g/mol. The first-order valence-electron chi connectivity index (χ1n) is 6.14. The van der Waals surface area contributed by atoms with Gasteiger partial charge in [0.25, 0.3) is 5.91 Å². The van der Waals surface area contributed by atoms with Gasteiger partial charge in [-0.3, -0.25) is 4.79 Å². The van der Waals surface area contributed by atoms with E-state index in [1.165, 1.54) is 0 Å². The Hall–Kier alpha value is -2.21. The van der Waals surface area contributed by atoms with Gasteiger partial charge >= 0.3 is 0 Å². The molecule has 3 rings (SSSR count). The molecule has 1 amide bonds. The average molecular weight is 258 g/mol. The number of carbonyl (C=O) groups is 1. The molecule has 2 heterocycles. The lowest BCUT2D eigenvalue weighted by atomic mass is 10.1. The molecule has 2 aromatic rings. The molecular formula is C13H14N4O2. The number of aromatic nitrogens is 3. The molecule has 0 saturated carbocycles. The Morgan fingerprint density at radius 1 is 1.32 bits per heavy atom. The molecule has 1 saturated heterocycles. The van der Waals surface area contributed by atoms with Crippen LogP contribution in [0.5, 0.6) is 0 Å². The summed E-state index contributed by atoms with van der Waals surface area (Å²) in [6.07, 6.45) is 1.72. The van der Waals surface area contributed by atoms with Gasteiger partial charge in [0.1, 0.15) is 5.69 Å². The molecule has 0 radical (unpaired) electrons. The SMILES string of the molecule is O=C(c1ccccc1)N1CC(n2cc(CO)nn2)C1. The highest BCUT2D eigenvalue weighted by atomic mass is 16.3. The van der Waals surface area contributed by atoms with Crippen LogP contribution in [0.3, 0.4) is 0 Å². The van der Waals surface area contributed by atoms with Crippen molar-refractivity contribution in [3.8, 4) is 0 Å². The second-order valence-corrected chi connectivity index (χ2v) is 4.58. The fourth-order valence-corrected chi connectivity index (χ4v) is 2.12. The predicted molar refractivity (Wildman–Crippen MR) is 67.3 cm³/mol. The molecule has 1 aromatic carbocycles. The number of nitrogens with zero attached hydrogens (tertiary/aromatic N) is 4. The van der Waals surface area contributed by atoms with Crippen molar-refractivity contribution in [3.63, 3.8) is 0 Å². The highest BCUT2D eigenvalue weighted by Gasteiger charge is 2.33. The molecule has 0 unspecified atom stereocenters. The third-order valence-electron chi connectivity index (χ3n) is 3.26. The van der Waals surface area contributed by atoms with E-state index >= 15 is 0 Å². The molecule has 6 heteroatoms. The molecule has 1 aliphatic heterocycles. The number of aliphatic hydroxyl groups is 1. The minimum absolute atomic E-state index is 0.0411. The Bertz CT molecular complexity index is 575. The summed E-state index contributed by atoms with van der Waals surface area (Å²) in [6.45, 7) is 1.14. The first-order chi connectivity index (χ1) is 9.28. The average Bonchev–Trinajstić information content (AvgIpc) is 2.86. The number of amides is 1. The zero-order valence-electron chi connectivity index (χ0n) is 10.3. The number of carbonyl (C=O) groups excluding carboxylic acids is 1. The number of benzene rings is 1. The normalized spacial score (nSPS) is 15.3. The van der Waals surface area contributed by atoms with E-state index in [9.17, 15) is 4.79 Å². The molecule has 0 aliphatic carbocycles. The molecule has 0 atom stereocenters. The minimum atomic E-state index is -0.112. The van der Waals surface area contributed by atoms with Crippen molar-refractivity contribution in [2.24, 2.45) is 0 Å². The molecule has 6 nitrogen and oxygen atoms in total.